The number of rotatable bonds is 3. The van der Waals surface area contributed by atoms with E-state index in [4.69, 9.17) is 22.1 Å². The third-order valence-corrected chi connectivity index (χ3v) is 2.62. The molecule has 0 bridgehead atoms. The second-order valence-corrected chi connectivity index (χ2v) is 4.05. The van der Waals surface area contributed by atoms with Crippen molar-refractivity contribution in [3.05, 3.63) is 53.1 Å². The Morgan fingerprint density at radius 1 is 1.18 bits per heavy atom. The Morgan fingerprint density at radius 2 is 2.00 bits per heavy atom. The molecular formula is C13H12ClNO2. The fraction of sp³-hybridized carbons (Fsp3) is 0.0769. The first kappa shape index (κ1) is 11.6. The predicted molar refractivity (Wildman–Crippen MR) is 68.3 cm³/mol. The number of hydrogen-bond acceptors (Lipinski definition) is 3. The SMILES string of the molecule is Nc1ccc(OCc2cccc(O)c2)cc1Cl. The second kappa shape index (κ2) is 4.97. The molecule has 0 spiro atoms. The Labute approximate surface area is 104 Å². The predicted octanol–water partition coefficient (Wildman–Crippen LogP) is 3.21. The average Bonchev–Trinajstić information content (AvgIpc) is 2.31. The monoisotopic (exact) mass is 249 g/mol. The van der Waals surface area contributed by atoms with Crippen molar-refractivity contribution in [1.29, 1.82) is 0 Å². The first-order valence-electron chi connectivity index (χ1n) is 5.11. The summed E-state index contributed by atoms with van der Waals surface area (Å²) in [4.78, 5) is 0. The summed E-state index contributed by atoms with van der Waals surface area (Å²) in [5, 5.41) is 9.77. The maximum atomic E-state index is 9.30. The number of phenols is 1. The Morgan fingerprint density at radius 3 is 2.71 bits per heavy atom. The van der Waals surface area contributed by atoms with Crippen LogP contribution in [-0.4, -0.2) is 5.11 Å². The largest absolute Gasteiger partial charge is 0.508 e. The molecule has 17 heavy (non-hydrogen) atoms. The molecule has 0 aromatic heterocycles. The van der Waals surface area contributed by atoms with Crippen LogP contribution in [0.1, 0.15) is 5.56 Å². The number of halogens is 1. The number of aromatic hydroxyl groups is 1. The molecule has 0 saturated carbocycles. The number of benzene rings is 2. The van der Waals surface area contributed by atoms with Gasteiger partial charge < -0.3 is 15.6 Å². The molecule has 3 nitrogen and oxygen atoms in total. The van der Waals surface area contributed by atoms with E-state index in [1.165, 1.54) is 0 Å². The zero-order valence-corrected chi connectivity index (χ0v) is 9.82. The first-order chi connectivity index (χ1) is 8.15. The van der Waals surface area contributed by atoms with Gasteiger partial charge in [0.05, 0.1) is 10.7 Å². The van der Waals surface area contributed by atoms with Crippen molar-refractivity contribution in [3.63, 3.8) is 0 Å². The maximum absolute atomic E-state index is 9.30. The molecule has 0 unspecified atom stereocenters. The lowest BCUT2D eigenvalue weighted by Gasteiger charge is -2.07. The van der Waals surface area contributed by atoms with Crippen LogP contribution >= 0.6 is 11.6 Å². The highest BCUT2D eigenvalue weighted by atomic mass is 35.5. The van der Waals surface area contributed by atoms with Gasteiger partial charge in [0.25, 0.3) is 0 Å². The molecule has 0 radical (unpaired) electrons. The van der Waals surface area contributed by atoms with E-state index >= 15 is 0 Å². The van der Waals surface area contributed by atoms with E-state index in [0.29, 0.717) is 23.1 Å². The summed E-state index contributed by atoms with van der Waals surface area (Å²) in [6.45, 7) is 0.370. The molecule has 0 aliphatic rings. The van der Waals surface area contributed by atoms with Crippen LogP contribution in [0.3, 0.4) is 0 Å². The lowest BCUT2D eigenvalue weighted by Crippen LogP contribution is -1.95. The number of nitrogen functional groups attached to an aromatic ring is 1. The summed E-state index contributed by atoms with van der Waals surface area (Å²) < 4.78 is 5.53. The van der Waals surface area contributed by atoms with E-state index in [1.54, 1.807) is 36.4 Å². The minimum Gasteiger partial charge on any atom is -0.508 e. The van der Waals surface area contributed by atoms with Gasteiger partial charge in [-0.2, -0.15) is 0 Å². The molecular weight excluding hydrogens is 238 g/mol. The van der Waals surface area contributed by atoms with Gasteiger partial charge >= 0.3 is 0 Å². The van der Waals surface area contributed by atoms with Crippen molar-refractivity contribution >= 4 is 17.3 Å². The molecule has 0 amide bonds. The smallest absolute Gasteiger partial charge is 0.121 e. The molecule has 2 aromatic rings. The molecule has 2 aromatic carbocycles. The molecule has 0 atom stereocenters. The Hall–Kier alpha value is -1.87. The third kappa shape index (κ3) is 3.04. The summed E-state index contributed by atoms with van der Waals surface area (Å²) in [7, 11) is 0. The van der Waals surface area contributed by atoms with Crippen LogP contribution in [0, 0.1) is 0 Å². The van der Waals surface area contributed by atoms with Gasteiger partial charge in [-0.05, 0) is 29.8 Å². The standard InChI is InChI=1S/C13H12ClNO2/c14-12-7-11(4-5-13(12)15)17-8-9-2-1-3-10(16)6-9/h1-7,16H,8,15H2. The number of phenolic OH excluding ortho intramolecular Hbond substituents is 1. The van der Waals surface area contributed by atoms with Gasteiger partial charge in [0.15, 0.2) is 0 Å². The van der Waals surface area contributed by atoms with Gasteiger partial charge in [-0.3, -0.25) is 0 Å². The van der Waals surface area contributed by atoms with E-state index < -0.39 is 0 Å². The van der Waals surface area contributed by atoms with Crippen molar-refractivity contribution in [2.45, 2.75) is 6.61 Å². The van der Waals surface area contributed by atoms with Crippen molar-refractivity contribution < 1.29 is 9.84 Å². The molecule has 0 heterocycles. The van der Waals surface area contributed by atoms with Gasteiger partial charge in [0.2, 0.25) is 0 Å². The molecule has 0 saturated heterocycles. The van der Waals surface area contributed by atoms with Crippen LogP contribution in [0.4, 0.5) is 5.69 Å². The topological polar surface area (TPSA) is 55.5 Å². The van der Waals surface area contributed by atoms with E-state index in [0.717, 1.165) is 5.56 Å². The van der Waals surface area contributed by atoms with E-state index in [1.807, 2.05) is 6.07 Å². The number of ether oxygens (including phenoxy) is 1. The van der Waals surface area contributed by atoms with Gasteiger partial charge in [0, 0.05) is 6.07 Å². The van der Waals surface area contributed by atoms with Crippen molar-refractivity contribution in [3.8, 4) is 11.5 Å². The van der Waals surface area contributed by atoms with Crippen LogP contribution in [0.5, 0.6) is 11.5 Å². The Balaban J connectivity index is 2.05. The van der Waals surface area contributed by atoms with E-state index in [2.05, 4.69) is 0 Å². The average molecular weight is 250 g/mol. The lowest BCUT2D eigenvalue weighted by atomic mass is 10.2. The Bertz CT molecular complexity index is 529. The number of hydrogen-bond donors (Lipinski definition) is 2. The Kier molecular flexibility index (Phi) is 3.40. The highest BCUT2D eigenvalue weighted by Gasteiger charge is 2.00. The maximum Gasteiger partial charge on any atom is 0.121 e. The van der Waals surface area contributed by atoms with Crippen LogP contribution in [-0.2, 0) is 6.61 Å². The van der Waals surface area contributed by atoms with Gasteiger partial charge in [-0.25, -0.2) is 0 Å². The van der Waals surface area contributed by atoms with Crippen molar-refractivity contribution in [1.82, 2.24) is 0 Å². The van der Waals surface area contributed by atoms with Crippen molar-refractivity contribution in [2.75, 3.05) is 5.73 Å². The molecule has 2 rings (SSSR count). The fourth-order valence-corrected chi connectivity index (χ4v) is 1.58. The number of anilines is 1. The van der Waals surface area contributed by atoms with Crippen LogP contribution < -0.4 is 10.5 Å². The van der Waals surface area contributed by atoms with Crippen molar-refractivity contribution in [2.24, 2.45) is 0 Å². The highest BCUT2D eigenvalue weighted by Crippen LogP contribution is 2.24. The molecule has 4 heteroatoms. The lowest BCUT2D eigenvalue weighted by molar-refractivity contribution is 0.305. The second-order valence-electron chi connectivity index (χ2n) is 3.64. The normalized spacial score (nSPS) is 10.2. The molecule has 3 N–H and O–H groups in total. The summed E-state index contributed by atoms with van der Waals surface area (Å²) in [5.41, 5.74) is 7.01. The molecule has 0 aliphatic heterocycles. The zero-order chi connectivity index (χ0) is 12.3. The summed E-state index contributed by atoms with van der Waals surface area (Å²) in [6, 6.07) is 12.0. The minimum absolute atomic E-state index is 0.224. The molecule has 0 fully saturated rings. The van der Waals surface area contributed by atoms with Gasteiger partial charge in [-0.15, -0.1) is 0 Å². The van der Waals surface area contributed by atoms with Gasteiger partial charge in [0.1, 0.15) is 18.1 Å². The van der Waals surface area contributed by atoms with Crippen LogP contribution in [0.2, 0.25) is 5.02 Å². The molecule has 0 aliphatic carbocycles. The minimum atomic E-state index is 0.224. The number of nitrogens with two attached hydrogens (primary N) is 1. The first-order valence-corrected chi connectivity index (χ1v) is 5.48. The fourth-order valence-electron chi connectivity index (χ4n) is 1.41. The third-order valence-electron chi connectivity index (χ3n) is 2.29. The summed E-state index contributed by atoms with van der Waals surface area (Å²) in [6.07, 6.45) is 0. The highest BCUT2D eigenvalue weighted by molar-refractivity contribution is 6.33. The zero-order valence-electron chi connectivity index (χ0n) is 9.06. The van der Waals surface area contributed by atoms with Crippen LogP contribution in [0.25, 0.3) is 0 Å². The van der Waals surface area contributed by atoms with Crippen LogP contribution in [0.15, 0.2) is 42.5 Å². The summed E-state index contributed by atoms with van der Waals surface area (Å²) >= 11 is 5.88. The van der Waals surface area contributed by atoms with E-state index in [9.17, 15) is 5.11 Å². The van der Waals surface area contributed by atoms with E-state index in [-0.39, 0.29) is 5.75 Å². The molecule has 88 valence electrons. The summed E-state index contributed by atoms with van der Waals surface area (Å²) in [5.74, 6) is 0.869. The van der Waals surface area contributed by atoms with Gasteiger partial charge in [-0.1, -0.05) is 23.7 Å². The quantitative estimate of drug-likeness (QED) is 0.822.